The second-order valence-corrected chi connectivity index (χ2v) is 0.841. The van der Waals surface area contributed by atoms with Crippen LogP contribution < -0.4 is 0 Å². The Morgan fingerprint density at radius 3 is 2.00 bits per heavy atom. The van der Waals surface area contributed by atoms with Crippen molar-refractivity contribution in [2.45, 2.75) is 13.3 Å². The largest absolute Gasteiger partial charge is 0.504 e. The quantitative estimate of drug-likeness (QED) is 0.396. The van der Waals surface area contributed by atoms with E-state index in [1.165, 1.54) is 0 Å². The number of nitrogens with zero attached hydrogens (tertiary/aromatic N) is 1. The summed E-state index contributed by atoms with van der Waals surface area (Å²) in [6.45, 7) is 5.36. The molecule has 1 N–H and O–H groups in total. The fourth-order valence-electron chi connectivity index (χ4n) is 0. The first-order chi connectivity index (χ1) is 3.65. The van der Waals surface area contributed by atoms with E-state index in [-0.39, 0.29) is 32.7 Å². The molecule has 0 aromatic carbocycles. The minimum atomic E-state index is -1.50. The summed E-state index contributed by atoms with van der Waals surface area (Å²) in [5.74, 6) is 0. The minimum absolute atomic E-state index is 0. The maximum Gasteiger partial charge on any atom is 0.291 e. The van der Waals surface area contributed by atoms with Gasteiger partial charge in [0.2, 0.25) is 0 Å². The van der Waals surface area contributed by atoms with Gasteiger partial charge in [-0.15, -0.1) is 10.1 Å². The number of hydrogen-bond donors (Lipinski definition) is 1. The zero-order chi connectivity index (χ0) is 6.99. The zero-order valence-corrected chi connectivity index (χ0v) is 8.04. The molecule has 4 nitrogen and oxygen atoms in total. The van der Waals surface area contributed by atoms with Crippen molar-refractivity contribution in [1.29, 1.82) is 0 Å². The summed E-state index contributed by atoms with van der Waals surface area (Å²) in [4.78, 5) is 8.36. The van der Waals surface area contributed by atoms with Crippen LogP contribution in [0.5, 0.6) is 0 Å². The Labute approximate surface area is 78.9 Å². The molecule has 0 rings (SSSR count). The summed E-state index contributed by atoms with van der Waals surface area (Å²) in [6.07, 6.45) is 3.64. The van der Waals surface area contributed by atoms with Gasteiger partial charge in [-0.3, -0.25) is 6.58 Å². The topological polar surface area (TPSA) is 63.4 Å². The molecule has 0 saturated heterocycles. The summed E-state index contributed by atoms with van der Waals surface area (Å²) >= 11 is 0. The summed E-state index contributed by atoms with van der Waals surface area (Å²) in [5, 5.41) is 13.6. The van der Waals surface area contributed by atoms with Gasteiger partial charge in [0.05, 0.1) is 0 Å². The molecule has 0 aromatic heterocycles. The Morgan fingerprint density at radius 1 is 1.89 bits per heavy atom. The average Bonchev–Trinajstić information content (AvgIpc) is 1.65. The maximum atomic E-state index is 8.36. The molecule has 0 unspecified atom stereocenters. The van der Waals surface area contributed by atoms with Crippen molar-refractivity contribution in [2.75, 3.05) is 0 Å². The normalized spacial score (nSPS) is 5.44. The third-order valence-electron chi connectivity index (χ3n) is 0.250. The Bertz CT molecular complexity index is 72.2. The van der Waals surface area contributed by atoms with Crippen LogP contribution in [0.4, 0.5) is 0 Å². The van der Waals surface area contributed by atoms with E-state index in [9.17, 15) is 0 Å². The third kappa shape index (κ3) is 270. The van der Waals surface area contributed by atoms with Gasteiger partial charge in [-0.05, 0) is 0 Å². The van der Waals surface area contributed by atoms with Crippen molar-refractivity contribution in [1.82, 2.24) is 0 Å². The molecule has 51 valence electrons. The van der Waals surface area contributed by atoms with Crippen molar-refractivity contribution in [3.8, 4) is 0 Å². The zero-order valence-electron chi connectivity index (χ0n) is 5.20. The molecule has 0 heterocycles. The molecular weight excluding hydrogens is 199 g/mol. The van der Waals surface area contributed by atoms with Gasteiger partial charge in [-0.1, -0.05) is 6.92 Å². The number of rotatable bonds is 1. The first-order valence-corrected chi connectivity index (χ1v) is 1.98. The summed E-state index contributed by atoms with van der Waals surface area (Å²) in [5.41, 5.74) is 0. The maximum absolute atomic E-state index is 8.36. The SMILES string of the molecule is C=[C-]CC.O=[N+]([O-])O.[Y]. The van der Waals surface area contributed by atoms with Crippen LogP contribution >= 0.6 is 0 Å². The number of allylic oxidation sites excluding steroid dienone is 1. The molecule has 5 heteroatoms. The fraction of sp³-hybridized carbons (Fsp3) is 0.500. The van der Waals surface area contributed by atoms with Crippen molar-refractivity contribution in [3.63, 3.8) is 0 Å². The van der Waals surface area contributed by atoms with Crippen LogP contribution in [0.15, 0.2) is 6.58 Å². The molecule has 0 aliphatic heterocycles. The van der Waals surface area contributed by atoms with E-state index >= 15 is 0 Å². The van der Waals surface area contributed by atoms with E-state index in [2.05, 4.69) is 12.7 Å². The van der Waals surface area contributed by atoms with Gasteiger partial charge >= 0.3 is 0 Å². The summed E-state index contributed by atoms with van der Waals surface area (Å²) < 4.78 is 0. The molecule has 0 atom stereocenters. The standard InChI is InChI=1S/C4H7.HNO3.Y/c1-3-4-2;2-1(3)4;/h1,4H2,2H3;(H,2,3,4);/q-1;;. The predicted molar refractivity (Wildman–Crippen MR) is 27.9 cm³/mol. The van der Waals surface area contributed by atoms with Crippen LogP contribution in [-0.4, -0.2) is 10.3 Å². The van der Waals surface area contributed by atoms with Gasteiger partial charge in [0.25, 0.3) is 5.09 Å². The second-order valence-electron chi connectivity index (χ2n) is 0.841. The van der Waals surface area contributed by atoms with Gasteiger partial charge in [0.1, 0.15) is 0 Å². The molecule has 0 aliphatic rings. The molecule has 0 bridgehead atoms. The molecule has 0 spiro atoms. The van der Waals surface area contributed by atoms with Crippen molar-refractivity contribution in [3.05, 3.63) is 22.8 Å². The Hall–Kier alpha value is 0.0439. The molecule has 0 saturated carbocycles. The van der Waals surface area contributed by atoms with Crippen molar-refractivity contribution >= 4 is 0 Å². The van der Waals surface area contributed by atoms with Gasteiger partial charge in [-0.2, -0.15) is 6.42 Å². The first-order valence-electron chi connectivity index (χ1n) is 1.98. The van der Waals surface area contributed by atoms with Crippen LogP contribution in [-0.2, 0) is 32.7 Å². The van der Waals surface area contributed by atoms with E-state index in [0.29, 0.717) is 0 Å². The van der Waals surface area contributed by atoms with Gasteiger partial charge in [0, 0.05) is 32.7 Å². The molecule has 1 radical (unpaired) electrons. The van der Waals surface area contributed by atoms with Gasteiger partial charge in [0.15, 0.2) is 0 Å². The Morgan fingerprint density at radius 2 is 2.00 bits per heavy atom. The molecule has 0 aliphatic carbocycles. The smallest absolute Gasteiger partial charge is 0.291 e. The van der Waals surface area contributed by atoms with Crippen LogP contribution in [0.3, 0.4) is 0 Å². The first kappa shape index (κ1) is 16.0. The van der Waals surface area contributed by atoms with Gasteiger partial charge in [-0.25, -0.2) is 0 Å². The van der Waals surface area contributed by atoms with E-state index in [0.717, 1.165) is 6.42 Å². The van der Waals surface area contributed by atoms with Crippen molar-refractivity contribution < 1.29 is 43.0 Å². The van der Waals surface area contributed by atoms with E-state index in [4.69, 9.17) is 15.3 Å². The predicted octanol–water partition coefficient (Wildman–Crippen LogP) is 1.04. The molecule has 0 amide bonds. The van der Waals surface area contributed by atoms with E-state index in [1.807, 2.05) is 6.92 Å². The van der Waals surface area contributed by atoms with E-state index in [1.54, 1.807) is 0 Å². The minimum Gasteiger partial charge on any atom is -0.504 e. The molecule has 0 fully saturated rings. The van der Waals surface area contributed by atoms with E-state index < -0.39 is 5.09 Å². The second kappa shape index (κ2) is 15.7. The van der Waals surface area contributed by atoms with Gasteiger partial charge < -0.3 is 11.3 Å². The Kier molecular flexibility index (Phi) is 27.9. The Balaban J connectivity index is -0.0000000720. The van der Waals surface area contributed by atoms with Crippen LogP contribution in [0.2, 0.25) is 0 Å². The number of hydrogen-bond acceptors (Lipinski definition) is 2. The molecule has 0 aromatic rings. The monoisotopic (exact) mass is 207 g/mol. The van der Waals surface area contributed by atoms with Crippen LogP contribution in [0.25, 0.3) is 0 Å². The summed E-state index contributed by atoms with van der Waals surface area (Å²) in [6, 6.07) is 0. The summed E-state index contributed by atoms with van der Waals surface area (Å²) in [7, 11) is 0. The average molecular weight is 207 g/mol. The van der Waals surface area contributed by atoms with Crippen LogP contribution in [0.1, 0.15) is 13.3 Å². The van der Waals surface area contributed by atoms with Crippen LogP contribution in [0, 0.1) is 16.2 Å². The fourth-order valence-corrected chi connectivity index (χ4v) is 0. The third-order valence-corrected chi connectivity index (χ3v) is 0.250. The molecule has 9 heavy (non-hydrogen) atoms. The molecular formula is C4H8NO3Y-. The van der Waals surface area contributed by atoms with Crippen molar-refractivity contribution in [2.24, 2.45) is 0 Å².